The lowest BCUT2D eigenvalue weighted by atomic mass is 10.2. The van der Waals surface area contributed by atoms with Crippen LogP contribution < -0.4 is 0 Å². The number of likely N-dealkylation sites (N-methyl/N-ethyl adjacent to an activating group) is 1. The van der Waals surface area contributed by atoms with Gasteiger partial charge in [0.1, 0.15) is 11.4 Å². The van der Waals surface area contributed by atoms with Crippen LogP contribution in [0, 0.1) is 11.8 Å². The molecule has 0 unspecified atom stereocenters. The number of H-pyrrole nitrogens is 1. The third kappa shape index (κ3) is 4.91. The number of hydrogen-bond acceptors (Lipinski definition) is 6. The summed E-state index contributed by atoms with van der Waals surface area (Å²) < 4.78 is 24.4. The molecule has 1 saturated heterocycles. The number of pyridine rings is 1. The fraction of sp³-hybridized carbons (Fsp3) is 0.364. The molecule has 162 valence electrons. The second kappa shape index (κ2) is 8.97. The lowest BCUT2D eigenvalue weighted by molar-refractivity contribution is 0.147. The summed E-state index contributed by atoms with van der Waals surface area (Å²) in [4.78, 5) is 9.48. The number of fused-ring (bicyclic) bond motifs is 1. The number of nitrogens with one attached hydrogen (secondary N) is 1. The average Bonchev–Trinajstić information content (AvgIpc) is 3.15. The van der Waals surface area contributed by atoms with E-state index < -0.39 is 9.84 Å². The molecule has 4 rings (SSSR count). The molecule has 0 aliphatic carbocycles. The van der Waals surface area contributed by atoms with Crippen molar-refractivity contribution in [3.8, 4) is 11.8 Å². The zero-order chi connectivity index (χ0) is 22.0. The number of aromatic nitrogens is 3. The Labute approximate surface area is 187 Å². The summed E-state index contributed by atoms with van der Waals surface area (Å²) in [5.74, 6) is 6.12. The van der Waals surface area contributed by atoms with Crippen LogP contribution in [-0.2, 0) is 16.4 Å². The predicted molar refractivity (Wildman–Crippen MR) is 122 cm³/mol. The molecular formula is C22H24ClN5O2S. The molecule has 7 nitrogen and oxygen atoms in total. The zero-order valence-corrected chi connectivity index (χ0v) is 19.1. The molecule has 1 aliphatic rings. The van der Waals surface area contributed by atoms with Crippen molar-refractivity contribution < 1.29 is 8.42 Å². The normalized spacial score (nSPS) is 15.7. The molecule has 0 amide bonds. The third-order valence-corrected chi connectivity index (χ3v) is 7.62. The predicted octanol–water partition coefficient (Wildman–Crippen LogP) is 2.55. The molecule has 1 N–H and O–H groups in total. The lowest BCUT2D eigenvalue weighted by Crippen LogP contribution is -2.44. The lowest BCUT2D eigenvalue weighted by Gasteiger charge is -2.32. The van der Waals surface area contributed by atoms with Gasteiger partial charge in [0.2, 0.25) is 0 Å². The van der Waals surface area contributed by atoms with Crippen molar-refractivity contribution in [3.63, 3.8) is 0 Å². The molecule has 31 heavy (non-hydrogen) atoms. The first-order valence-electron chi connectivity index (χ1n) is 10.1. The van der Waals surface area contributed by atoms with E-state index in [0.29, 0.717) is 22.3 Å². The van der Waals surface area contributed by atoms with Crippen LogP contribution in [0.1, 0.15) is 24.0 Å². The van der Waals surface area contributed by atoms with E-state index in [1.807, 2.05) is 18.2 Å². The van der Waals surface area contributed by atoms with Crippen molar-refractivity contribution in [2.45, 2.75) is 18.4 Å². The molecule has 0 radical (unpaired) electrons. The second-order valence-electron chi connectivity index (χ2n) is 7.65. The highest BCUT2D eigenvalue weighted by Crippen LogP contribution is 2.28. The van der Waals surface area contributed by atoms with Crippen molar-refractivity contribution in [2.75, 3.05) is 39.0 Å². The zero-order valence-electron chi connectivity index (χ0n) is 17.5. The van der Waals surface area contributed by atoms with Crippen molar-refractivity contribution >= 4 is 32.3 Å². The van der Waals surface area contributed by atoms with Crippen molar-refractivity contribution in [2.24, 2.45) is 0 Å². The van der Waals surface area contributed by atoms with E-state index in [9.17, 15) is 8.42 Å². The van der Waals surface area contributed by atoms with Crippen LogP contribution in [0.3, 0.4) is 0 Å². The Balaban J connectivity index is 1.57. The number of sulfone groups is 1. The van der Waals surface area contributed by atoms with Crippen molar-refractivity contribution in [1.82, 2.24) is 25.0 Å². The Kier molecular flexibility index (Phi) is 6.30. The van der Waals surface area contributed by atoms with Gasteiger partial charge in [0.25, 0.3) is 0 Å². The number of aromatic amines is 1. The number of nitrogens with zero attached hydrogens (tertiary/aromatic N) is 4. The highest BCUT2D eigenvalue weighted by molar-refractivity contribution is 7.91. The van der Waals surface area contributed by atoms with Crippen LogP contribution in [0.4, 0.5) is 0 Å². The number of piperazine rings is 1. The van der Waals surface area contributed by atoms with Gasteiger partial charge >= 0.3 is 0 Å². The fourth-order valence-corrected chi connectivity index (χ4v) is 4.97. The molecule has 0 atom stereocenters. The number of halogens is 1. The Bertz CT molecular complexity index is 1270. The molecule has 1 aliphatic heterocycles. The Morgan fingerprint density at radius 3 is 2.68 bits per heavy atom. The maximum atomic E-state index is 12.2. The van der Waals surface area contributed by atoms with Crippen molar-refractivity contribution in [3.05, 3.63) is 52.4 Å². The quantitative estimate of drug-likeness (QED) is 0.606. The summed E-state index contributed by atoms with van der Waals surface area (Å²) in [6, 6.07) is 8.95. The van der Waals surface area contributed by atoms with Crippen LogP contribution in [0.5, 0.6) is 0 Å². The van der Waals surface area contributed by atoms with Crippen LogP contribution in [0.15, 0.2) is 35.2 Å². The molecular weight excluding hydrogens is 434 g/mol. The summed E-state index contributed by atoms with van der Waals surface area (Å²) in [5, 5.41) is 7.93. The Morgan fingerprint density at radius 2 is 1.94 bits per heavy atom. The first kappa shape index (κ1) is 21.8. The van der Waals surface area contributed by atoms with Gasteiger partial charge in [-0.15, -0.1) is 0 Å². The van der Waals surface area contributed by atoms with Crippen molar-refractivity contribution in [1.29, 1.82) is 0 Å². The fourth-order valence-electron chi connectivity index (χ4n) is 3.50. The van der Waals surface area contributed by atoms with E-state index in [2.05, 4.69) is 43.9 Å². The van der Waals surface area contributed by atoms with E-state index in [1.165, 1.54) is 6.07 Å². The van der Waals surface area contributed by atoms with Crippen LogP contribution in [0.25, 0.3) is 10.9 Å². The first-order valence-corrected chi connectivity index (χ1v) is 12.2. The highest BCUT2D eigenvalue weighted by Gasteiger charge is 2.19. The molecule has 0 bridgehead atoms. The minimum Gasteiger partial charge on any atom is -0.304 e. The molecule has 2 aromatic heterocycles. The van der Waals surface area contributed by atoms with Gasteiger partial charge in [-0.05, 0) is 43.2 Å². The standard InChI is InChI=1S/C22H24ClN5O2S/c1-3-31(29,30)22-14-21-18(13-19(22)23)20(25-26-21)8-7-16-5-4-6-17(24-16)15-28-11-9-27(2)10-12-28/h4-6,13-14H,3,9-12,15H2,1-2H3,(H,25,26). The summed E-state index contributed by atoms with van der Waals surface area (Å²) in [6.45, 7) is 6.59. The molecule has 1 fully saturated rings. The Morgan fingerprint density at radius 1 is 1.16 bits per heavy atom. The van der Waals surface area contributed by atoms with E-state index in [1.54, 1.807) is 13.0 Å². The van der Waals surface area contributed by atoms with Gasteiger partial charge in [-0.25, -0.2) is 13.4 Å². The minimum atomic E-state index is -3.43. The minimum absolute atomic E-state index is 0.0224. The maximum Gasteiger partial charge on any atom is 0.179 e. The molecule has 3 aromatic rings. The van der Waals surface area contributed by atoms with E-state index in [4.69, 9.17) is 11.6 Å². The molecule has 1 aromatic carbocycles. The van der Waals surface area contributed by atoms with Gasteiger partial charge in [-0.3, -0.25) is 10.00 Å². The monoisotopic (exact) mass is 457 g/mol. The first-order chi connectivity index (χ1) is 14.9. The van der Waals surface area contributed by atoms with E-state index in [0.717, 1.165) is 38.4 Å². The highest BCUT2D eigenvalue weighted by atomic mass is 35.5. The molecule has 0 saturated carbocycles. The van der Waals surface area contributed by atoms with Crippen LogP contribution >= 0.6 is 11.6 Å². The van der Waals surface area contributed by atoms with Gasteiger partial charge in [-0.1, -0.05) is 24.6 Å². The molecule has 0 spiro atoms. The Hall–Kier alpha value is -2.44. The number of hydrogen-bond donors (Lipinski definition) is 1. The number of rotatable bonds is 4. The van der Waals surface area contributed by atoms with Crippen LogP contribution in [0.2, 0.25) is 5.02 Å². The summed E-state index contributed by atoms with van der Waals surface area (Å²) >= 11 is 6.25. The maximum absolute atomic E-state index is 12.2. The van der Waals surface area contributed by atoms with Gasteiger partial charge in [0.15, 0.2) is 9.84 Å². The summed E-state index contributed by atoms with van der Waals surface area (Å²) in [7, 11) is -1.28. The molecule has 9 heteroatoms. The van der Waals surface area contributed by atoms with Gasteiger partial charge in [0, 0.05) is 38.1 Å². The summed E-state index contributed by atoms with van der Waals surface area (Å²) in [6.07, 6.45) is 0. The van der Waals surface area contributed by atoms with Gasteiger partial charge in [0.05, 0.1) is 26.9 Å². The second-order valence-corrected chi connectivity index (χ2v) is 10.3. The largest absolute Gasteiger partial charge is 0.304 e. The third-order valence-electron chi connectivity index (χ3n) is 5.43. The van der Waals surface area contributed by atoms with Crippen LogP contribution in [-0.4, -0.2) is 72.4 Å². The van der Waals surface area contributed by atoms with E-state index in [-0.39, 0.29) is 15.7 Å². The van der Waals surface area contributed by atoms with Gasteiger partial charge in [-0.2, -0.15) is 5.10 Å². The van der Waals surface area contributed by atoms with Gasteiger partial charge < -0.3 is 4.90 Å². The van der Waals surface area contributed by atoms with E-state index >= 15 is 0 Å². The average molecular weight is 458 g/mol. The topological polar surface area (TPSA) is 82.2 Å². The number of benzene rings is 1. The smallest absolute Gasteiger partial charge is 0.179 e. The summed E-state index contributed by atoms with van der Waals surface area (Å²) in [5.41, 5.74) is 2.75. The SMILES string of the molecule is CCS(=O)(=O)c1cc2n[nH]c(C#Cc3cccc(CN4CCN(C)CC4)n3)c2cc1Cl. The molecule has 3 heterocycles.